The molecule has 0 amide bonds. The quantitative estimate of drug-likeness (QED) is 0.828. The summed E-state index contributed by atoms with van der Waals surface area (Å²) in [5.41, 5.74) is 1.04. The molecule has 0 atom stereocenters. The number of rotatable bonds is 2. The highest BCUT2D eigenvalue weighted by Crippen LogP contribution is 2.34. The molecule has 1 N–H and O–H groups in total. The normalized spacial score (nSPS) is 14.2. The molecule has 1 aliphatic carbocycles. The van der Waals surface area contributed by atoms with E-state index in [1.54, 1.807) is 13.8 Å². The highest BCUT2D eigenvalue weighted by molar-refractivity contribution is 6.28. The van der Waals surface area contributed by atoms with E-state index in [0.29, 0.717) is 5.56 Å². The Morgan fingerprint density at radius 3 is 2.42 bits per heavy atom. The van der Waals surface area contributed by atoms with Gasteiger partial charge in [0.1, 0.15) is 5.75 Å². The topological polar surface area (TPSA) is 71.4 Å². The molecule has 98 valence electrons. The van der Waals surface area contributed by atoms with Gasteiger partial charge in [-0.25, -0.2) is 0 Å². The number of benzene rings is 1. The third-order valence-corrected chi connectivity index (χ3v) is 3.28. The molecular formula is C15H14O4. The predicted molar refractivity (Wildman–Crippen MR) is 69.9 cm³/mol. The van der Waals surface area contributed by atoms with E-state index in [1.807, 2.05) is 0 Å². The molecule has 0 unspecified atom stereocenters. The van der Waals surface area contributed by atoms with Gasteiger partial charge >= 0.3 is 0 Å². The first-order valence-electron chi connectivity index (χ1n) is 6.05. The maximum absolute atomic E-state index is 12.2. The Morgan fingerprint density at radius 1 is 1.21 bits per heavy atom. The Morgan fingerprint density at radius 2 is 1.84 bits per heavy atom. The maximum atomic E-state index is 12.2. The molecule has 1 aromatic carbocycles. The smallest absolute Gasteiger partial charge is 0.190 e. The van der Waals surface area contributed by atoms with E-state index >= 15 is 0 Å². The minimum Gasteiger partial charge on any atom is -0.507 e. The van der Waals surface area contributed by atoms with Gasteiger partial charge in [0.05, 0.1) is 5.56 Å². The lowest BCUT2D eigenvalue weighted by Gasteiger charge is -2.19. The third kappa shape index (κ3) is 1.89. The van der Waals surface area contributed by atoms with Gasteiger partial charge in [-0.15, -0.1) is 0 Å². The summed E-state index contributed by atoms with van der Waals surface area (Å²) in [5.74, 6) is -1.26. The summed E-state index contributed by atoms with van der Waals surface area (Å²) in [6, 6.07) is 1.36. The van der Waals surface area contributed by atoms with Crippen LogP contribution in [0, 0.1) is 6.92 Å². The van der Waals surface area contributed by atoms with Crippen LogP contribution in [0.2, 0.25) is 0 Å². The number of phenols is 1. The minimum absolute atomic E-state index is 0.0503. The van der Waals surface area contributed by atoms with Gasteiger partial charge in [-0.2, -0.15) is 0 Å². The average molecular weight is 258 g/mol. The molecular weight excluding hydrogens is 244 g/mol. The summed E-state index contributed by atoms with van der Waals surface area (Å²) >= 11 is 0. The van der Waals surface area contributed by atoms with Crippen LogP contribution in [0.15, 0.2) is 17.7 Å². The van der Waals surface area contributed by atoms with E-state index in [-0.39, 0.29) is 46.0 Å². The second-order valence-corrected chi connectivity index (χ2v) is 4.64. The summed E-state index contributed by atoms with van der Waals surface area (Å²) in [4.78, 5) is 36.2. The number of hydrogen-bond acceptors (Lipinski definition) is 4. The van der Waals surface area contributed by atoms with Crippen molar-refractivity contribution in [2.45, 2.75) is 27.2 Å². The lowest BCUT2D eigenvalue weighted by atomic mass is 9.82. The first-order valence-corrected chi connectivity index (χ1v) is 6.05. The lowest BCUT2D eigenvalue weighted by Crippen LogP contribution is -2.21. The van der Waals surface area contributed by atoms with Crippen molar-refractivity contribution in [1.29, 1.82) is 0 Å². The number of allylic oxidation sites excluding steroid dienone is 2. The Balaban J connectivity index is 2.88. The van der Waals surface area contributed by atoms with Crippen molar-refractivity contribution < 1.29 is 19.5 Å². The van der Waals surface area contributed by atoms with Crippen molar-refractivity contribution in [3.05, 3.63) is 40.0 Å². The molecule has 2 rings (SSSR count). The molecule has 0 saturated heterocycles. The molecule has 0 spiro atoms. The molecule has 0 saturated carbocycles. The van der Waals surface area contributed by atoms with Crippen LogP contribution < -0.4 is 0 Å². The van der Waals surface area contributed by atoms with Crippen LogP contribution in [-0.2, 0) is 0 Å². The number of hydrogen-bond donors (Lipinski definition) is 1. The molecule has 0 aliphatic heterocycles. The molecule has 4 nitrogen and oxygen atoms in total. The number of aryl methyl sites for hydroxylation is 1. The van der Waals surface area contributed by atoms with Crippen molar-refractivity contribution in [3.8, 4) is 5.75 Å². The highest BCUT2D eigenvalue weighted by Gasteiger charge is 2.31. The van der Waals surface area contributed by atoms with E-state index in [0.717, 1.165) is 0 Å². The molecule has 0 radical (unpaired) electrons. The van der Waals surface area contributed by atoms with Gasteiger partial charge < -0.3 is 5.11 Å². The number of carbonyl (C=O) groups excluding carboxylic acids is 3. The second-order valence-electron chi connectivity index (χ2n) is 4.64. The van der Waals surface area contributed by atoms with Gasteiger partial charge in [-0.05, 0) is 31.6 Å². The fourth-order valence-electron chi connectivity index (χ4n) is 2.34. The summed E-state index contributed by atoms with van der Waals surface area (Å²) in [7, 11) is 0. The number of phenolic OH excluding ortho intramolecular Hbond substituents is 1. The van der Waals surface area contributed by atoms with Crippen LogP contribution in [0.3, 0.4) is 0 Å². The van der Waals surface area contributed by atoms with Crippen LogP contribution in [0.25, 0.3) is 0 Å². The second kappa shape index (κ2) is 4.46. The zero-order valence-corrected chi connectivity index (χ0v) is 11.0. The zero-order chi connectivity index (χ0) is 14.3. The summed E-state index contributed by atoms with van der Waals surface area (Å²) < 4.78 is 0. The molecule has 4 heteroatoms. The SMILES string of the molecule is CCC(=O)c1c(C)cc(O)c2c1C(=O)C(C)=CC2=O. The number of aromatic hydroxyl groups is 1. The lowest BCUT2D eigenvalue weighted by molar-refractivity contribution is 0.0959. The van der Waals surface area contributed by atoms with Crippen molar-refractivity contribution in [3.63, 3.8) is 0 Å². The Kier molecular flexibility index (Phi) is 3.10. The fraction of sp³-hybridized carbons (Fsp3) is 0.267. The van der Waals surface area contributed by atoms with Gasteiger partial charge in [-0.1, -0.05) is 6.92 Å². The van der Waals surface area contributed by atoms with E-state index < -0.39 is 5.78 Å². The van der Waals surface area contributed by atoms with Crippen LogP contribution in [0.5, 0.6) is 5.75 Å². The van der Waals surface area contributed by atoms with E-state index in [1.165, 1.54) is 19.1 Å². The number of ketones is 3. The average Bonchev–Trinajstić information content (AvgIpc) is 2.34. The standard InChI is InChI=1S/C15H14O4/c1-4-9(16)12-7(2)5-10(17)13-11(18)6-8(3)15(19)14(12)13/h5-6,17H,4H2,1-3H3. The minimum atomic E-state index is -0.435. The van der Waals surface area contributed by atoms with Gasteiger partial charge in [-0.3, -0.25) is 14.4 Å². The number of fused-ring (bicyclic) bond motifs is 1. The van der Waals surface area contributed by atoms with Crippen LogP contribution in [-0.4, -0.2) is 22.5 Å². The van der Waals surface area contributed by atoms with Crippen LogP contribution in [0.4, 0.5) is 0 Å². The van der Waals surface area contributed by atoms with Crippen LogP contribution >= 0.6 is 0 Å². The zero-order valence-electron chi connectivity index (χ0n) is 11.0. The summed E-state index contributed by atoms with van der Waals surface area (Å²) in [5, 5.41) is 9.88. The van der Waals surface area contributed by atoms with Gasteiger partial charge in [0.2, 0.25) is 0 Å². The van der Waals surface area contributed by atoms with Crippen molar-refractivity contribution in [2.75, 3.05) is 0 Å². The first kappa shape index (κ1) is 13.2. The van der Waals surface area contributed by atoms with Gasteiger partial charge in [0.15, 0.2) is 17.3 Å². The molecule has 0 aromatic heterocycles. The Hall–Kier alpha value is -2.23. The van der Waals surface area contributed by atoms with Crippen molar-refractivity contribution in [1.82, 2.24) is 0 Å². The summed E-state index contributed by atoms with van der Waals surface area (Å²) in [6.07, 6.45) is 1.43. The van der Waals surface area contributed by atoms with Crippen molar-refractivity contribution >= 4 is 17.3 Å². The first-order chi connectivity index (χ1) is 8.88. The van der Waals surface area contributed by atoms with E-state index in [2.05, 4.69) is 0 Å². The summed E-state index contributed by atoms with van der Waals surface area (Å²) in [6.45, 7) is 4.87. The molecule has 1 aliphatic rings. The largest absolute Gasteiger partial charge is 0.507 e. The predicted octanol–water partition coefficient (Wildman–Crippen LogP) is 2.62. The number of Topliss-reactive ketones (excluding diaryl/α,β-unsaturated/α-hetero) is 2. The molecule has 1 aromatic rings. The molecule has 0 bridgehead atoms. The molecule has 0 fully saturated rings. The van der Waals surface area contributed by atoms with Gasteiger partial charge in [0.25, 0.3) is 0 Å². The number of carbonyl (C=O) groups is 3. The third-order valence-electron chi connectivity index (χ3n) is 3.28. The maximum Gasteiger partial charge on any atom is 0.190 e. The molecule has 19 heavy (non-hydrogen) atoms. The van der Waals surface area contributed by atoms with Gasteiger partial charge in [0, 0.05) is 23.1 Å². The molecule has 0 heterocycles. The van der Waals surface area contributed by atoms with Crippen LogP contribution in [0.1, 0.15) is 56.9 Å². The fourth-order valence-corrected chi connectivity index (χ4v) is 2.34. The monoisotopic (exact) mass is 258 g/mol. The van der Waals surface area contributed by atoms with Crippen molar-refractivity contribution in [2.24, 2.45) is 0 Å². The van der Waals surface area contributed by atoms with E-state index in [9.17, 15) is 19.5 Å². The Bertz CT molecular complexity index is 651. The Labute approximate surface area is 110 Å². The highest BCUT2D eigenvalue weighted by atomic mass is 16.3. The van der Waals surface area contributed by atoms with E-state index in [4.69, 9.17) is 0 Å².